The normalized spacial score (nSPS) is 9.29. The van der Waals surface area contributed by atoms with Gasteiger partial charge in [-0.2, -0.15) is 0 Å². The highest BCUT2D eigenvalue weighted by Crippen LogP contribution is 1.65. The van der Waals surface area contributed by atoms with Crippen molar-refractivity contribution < 1.29 is 5.02 Å². The Balaban J connectivity index is 3.37. The van der Waals surface area contributed by atoms with Gasteiger partial charge >= 0.3 is 7.48 Å². The summed E-state index contributed by atoms with van der Waals surface area (Å²) in [5.41, 5.74) is 4.85. The second-order valence-electron chi connectivity index (χ2n) is 0.944. The average molecular weight is 96.9 g/mol. The van der Waals surface area contributed by atoms with E-state index in [1.54, 1.807) is 0 Å². The van der Waals surface area contributed by atoms with Crippen molar-refractivity contribution in [2.45, 2.75) is 0 Å². The van der Waals surface area contributed by atoms with Crippen molar-refractivity contribution in [2.75, 3.05) is 0 Å². The zero-order valence-electron chi connectivity index (χ0n) is 3.76. The standard InChI is InChI=1S/C3H6BN2O/c5-2-1-3(6)4-7/h1-2,6-7H,5H2/b2-1-,6-3?. The molecule has 1 radical (unpaired) electrons. The van der Waals surface area contributed by atoms with Crippen molar-refractivity contribution >= 4 is 13.1 Å². The molecular formula is C3H6BN2O. The minimum absolute atomic E-state index is 0.00231. The first-order chi connectivity index (χ1) is 3.31. The van der Waals surface area contributed by atoms with Gasteiger partial charge in [-0.25, -0.2) is 0 Å². The smallest absolute Gasteiger partial charge is 0.347 e. The van der Waals surface area contributed by atoms with E-state index in [0.717, 1.165) is 0 Å². The van der Waals surface area contributed by atoms with Crippen molar-refractivity contribution in [1.29, 1.82) is 5.41 Å². The van der Waals surface area contributed by atoms with Gasteiger partial charge in [-0.05, 0) is 12.3 Å². The fourth-order valence-corrected chi connectivity index (χ4v) is 0.147. The molecule has 0 saturated carbocycles. The van der Waals surface area contributed by atoms with Gasteiger partial charge in [0.1, 0.15) is 0 Å². The van der Waals surface area contributed by atoms with E-state index in [9.17, 15) is 0 Å². The molecule has 0 aromatic carbocycles. The summed E-state index contributed by atoms with van der Waals surface area (Å²) in [6.45, 7) is 0. The van der Waals surface area contributed by atoms with Crippen LogP contribution in [0.15, 0.2) is 12.3 Å². The third-order valence-electron chi connectivity index (χ3n) is 0.415. The number of nitrogens with two attached hydrogens (primary N) is 1. The first-order valence-electron chi connectivity index (χ1n) is 1.75. The van der Waals surface area contributed by atoms with E-state index in [4.69, 9.17) is 16.2 Å². The molecule has 0 atom stereocenters. The van der Waals surface area contributed by atoms with E-state index in [1.165, 1.54) is 12.3 Å². The number of hydrogen-bond acceptors (Lipinski definition) is 3. The van der Waals surface area contributed by atoms with E-state index in [-0.39, 0.29) is 5.61 Å². The topological polar surface area (TPSA) is 70.1 Å². The van der Waals surface area contributed by atoms with Crippen molar-refractivity contribution in [2.24, 2.45) is 5.73 Å². The first kappa shape index (κ1) is 6.23. The maximum atomic E-state index is 8.01. The first-order valence-corrected chi connectivity index (χ1v) is 1.75. The van der Waals surface area contributed by atoms with Gasteiger partial charge < -0.3 is 16.2 Å². The van der Waals surface area contributed by atoms with E-state index < -0.39 is 0 Å². The second-order valence-corrected chi connectivity index (χ2v) is 0.944. The molecule has 0 rings (SSSR count). The summed E-state index contributed by atoms with van der Waals surface area (Å²) in [5.74, 6) is 0. The lowest BCUT2D eigenvalue weighted by Crippen LogP contribution is -2.02. The Morgan fingerprint density at radius 1 is 1.86 bits per heavy atom. The molecule has 0 aromatic heterocycles. The zero-order valence-corrected chi connectivity index (χ0v) is 3.76. The molecule has 0 aliphatic carbocycles. The third-order valence-corrected chi connectivity index (χ3v) is 0.415. The molecule has 0 unspecified atom stereocenters. The highest BCUT2D eigenvalue weighted by molar-refractivity contribution is 6.71. The molecule has 0 bridgehead atoms. The predicted octanol–water partition coefficient (Wildman–Crippen LogP) is -0.952. The number of rotatable bonds is 2. The molecule has 4 N–H and O–H groups in total. The van der Waals surface area contributed by atoms with Gasteiger partial charge in [-0.15, -0.1) is 0 Å². The summed E-state index contributed by atoms with van der Waals surface area (Å²) in [5, 5.41) is 14.7. The lowest BCUT2D eigenvalue weighted by atomic mass is 9.93. The number of hydrogen-bond donors (Lipinski definition) is 3. The van der Waals surface area contributed by atoms with Crippen LogP contribution in [0.4, 0.5) is 0 Å². The van der Waals surface area contributed by atoms with Crippen LogP contribution in [-0.4, -0.2) is 18.1 Å². The van der Waals surface area contributed by atoms with E-state index in [1.807, 2.05) is 0 Å². The lowest BCUT2D eigenvalue weighted by Gasteiger charge is -1.79. The van der Waals surface area contributed by atoms with Crippen LogP contribution >= 0.6 is 0 Å². The van der Waals surface area contributed by atoms with Crippen LogP contribution in [0.2, 0.25) is 0 Å². The van der Waals surface area contributed by atoms with Gasteiger partial charge in [0.05, 0.1) is 0 Å². The quantitative estimate of drug-likeness (QED) is 0.307. The third kappa shape index (κ3) is 3.05. The molecule has 37 valence electrons. The Bertz CT molecular complexity index is 90.9. The Hall–Kier alpha value is -0.765. The minimum Gasteiger partial charge on any atom is -0.449 e. The fourth-order valence-electron chi connectivity index (χ4n) is 0.147. The van der Waals surface area contributed by atoms with Gasteiger partial charge in [0.2, 0.25) is 0 Å². The Labute approximate surface area is 42.6 Å². The molecule has 7 heavy (non-hydrogen) atoms. The summed E-state index contributed by atoms with van der Waals surface area (Å²) in [6.07, 6.45) is 2.47. The maximum absolute atomic E-state index is 8.01. The number of allylic oxidation sites excluding steroid dienone is 1. The molecule has 0 amide bonds. The molecule has 3 nitrogen and oxygen atoms in total. The molecule has 0 saturated heterocycles. The largest absolute Gasteiger partial charge is 0.449 e. The highest BCUT2D eigenvalue weighted by Gasteiger charge is 1.85. The fraction of sp³-hybridized carbons (Fsp3) is 0. The van der Waals surface area contributed by atoms with Crippen molar-refractivity contribution in [3.8, 4) is 0 Å². The van der Waals surface area contributed by atoms with Gasteiger partial charge in [0.15, 0.2) is 0 Å². The summed E-state index contributed by atoms with van der Waals surface area (Å²) in [6, 6.07) is 0. The van der Waals surface area contributed by atoms with Crippen LogP contribution in [0, 0.1) is 5.41 Å². The van der Waals surface area contributed by atoms with Crippen molar-refractivity contribution in [3.63, 3.8) is 0 Å². The molecule has 0 spiro atoms. The monoisotopic (exact) mass is 97.1 g/mol. The van der Waals surface area contributed by atoms with Crippen LogP contribution < -0.4 is 5.73 Å². The molecule has 0 aliphatic rings. The Morgan fingerprint density at radius 2 is 2.43 bits per heavy atom. The summed E-state index contributed by atoms with van der Waals surface area (Å²) >= 11 is 0. The van der Waals surface area contributed by atoms with E-state index >= 15 is 0 Å². The van der Waals surface area contributed by atoms with Crippen LogP contribution in [-0.2, 0) is 0 Å². The zero-order chi connectivity index (χ0) is 5.70. The summed E-state index contributed by atoms with van der Waals surface area (Å²) in [7, 11) is 0.670. The molecule has 0 aliphatic heterocycles. The molecule has 0 fully saturated rings. The van der Waals surface area contributed by atoms with Crippen LogP contribution in [0.1, 0.15) is 0 Å². The number of nitrogens with one attached hydrogen (secondary N) is 1. The van der Waals surface area contributed by atoms with E-state index in [2.05, 4.69) is 0 Å². The van der Waals surface area contributed by atoms with Crippen molar-refractivity contribution in [1.82, 2.24) is 0 Å². The summed E-state index contributed by atoms with van der Waals surface area (Å²) < 4.78 is 0. The second kappa shape index (κ2) is 3.43. The van der Waals surface area contributed by atoms with E-state index in [0.29, 0.717) is 7.48 Å². The van der Waals surface area contributed by atoms with Gasteiger partial charge in [0, 0.05) is 5.61 Å². The Kier molecular flexibility index (Phi) is 3.05. The predicted molar refractivity (Wildman–Crippen MR) is 29.0 cm³/mol. The molecule has 0 aromatic rings. The average Bonchev–Trinajstić information content (AvgIpc) is 1.68. The van der Waals surface area contributed by atoms with Gasteiger partial charge in [-0.1, -0.05) is 0 Å². The van der Waals surface area contributed by atoms with Gasteiger partial charge in [0.25, 0.3) is 0 Å². The van der Waals surface area contributed by atoms with Gasteiger partial charge in [-0.3, -0.25) is 0 Å². The SMILES string of the molecule is N=C([B]O)/C=C\N. The molecular weight excluding hydrogens is 90.9 g/mol. The molecule has 4 heteroatoms. The lowest BCUT2D eigenvalue weighted by molar-refractivity contribution is 0.618. The summed E-state index contributed by atoms with van der Waals surface area (Å²) in [4.78, 5) is 0. The molecule has 0 heterocycles. The van der Waals surface area contributed by atoms with Crippen LogP contribution in [0.5, 0.6) is 0 Å². The maximum Gasteiger partial charge on any atom is 0.347 e. The highest BCUT2D eigenvalue weighted by atomic mass is 16.2. The van der Waals surface area contributed by atoms with Crippen LogP contribution in [0.25, 0.3) is 0 Å². The van der Waals surface area contributed by atoms with Crippen molar-refractivity contribution in [3.05, 3.63) is 12.3 Å². The minimum atomic E-state index is 0.00231. The van der Waals surface area contributed by atoms with Crippen LogP contribution in [0.3, 0.4) is 0 Å². The Morgan fingerprint density at radius 3 is 2.57 bits per heavy atom.